The monoisotopic (exact) mass is 875 g/mol. The molecule has 0 aliphatic rings. The van der Waals surface area contributed by atoms with Gasteiger partial charge in [-0.2, -0.15) is 0 Å². The van der Waals surface area contributed by atoms with Crippen molar-refractivity contribution in [3.63, 3.8) is 0 Å². The molecule has 276 valence electrons. The largest absolute Gasteiger partial charge is 2.00 e. The molecule has 0 heterocycles. The van der Waals surface area contributed by atoms with E-state index >= 15 is 0 Å². The average molecular weight is 876 g/mol. The molecule has 0 N–H and O–H groups in total. The Morgan fingerprint density at radius 2 is 0.596 bits per heavy atom. The van der Waals surface area contributed by atoms with Crippen LogP contribution in [0.5, 0.6) is 0 Å². The van der Waals surface area contributed by atoms with Crippen molar-refractivity contribution in [2.75, 3.05) is 0 Å². The number of halogens is 1. The van der Waals surface area contributed by atoms with Crippen LogP contribution in [-0.2, 0) is 0 Å². The van der Waals surface area contributed by atoms with Gasteiger partial charge in [0.2, 0.25) is 0 Å². The Balaban J connectivity index is 0.00000275. The van der Waals surface area contributed by atoms with Crippen molar-refractivity contribution in [3.8, 4) is 0 Å². The standard InChI is InChI=1S/C53H46NSi.HI.Mg/c1-40(2)45-38-49(51(41-24-10-3-11-25-41)42-26-12-4-13-27-42)53(50(39-45)52(43-28-14-5-15-29-43)44-30-16-6-17-31-44)54-55(46-32-18-7-19-33-46,47-34-20-8-21-35-47)48-36-22-9-23-37-48;;/h3-40,51-52H,1-2H3;1H;/q-1;;+2/p-1. The first-order chi connectivity index (χ1) is 27.1. The Labute approximate surface area is 373 Å². The Morgan fingerprint density at radius 3 is 0.842 bits per heavy atom. The fourth-order valence-corrected chi connectivity index (χ4v) is 12.2. The molecule has 0 aliphatic heterocycles. The smallest absolute Gasteiger partial charge is 1.00 e. The van der Waals surface area contributed by atoms with E-state index in [-0.39, 0.29) is 58.9 Å². The Bertz CT molecular complexity index is 2130. The van der Waals surface area contributed by atoms with Gasteiger partial charge < -0.3 is 29.0 Å². The molecular weight excluding hydrogens is 830 g/mol. The van der Waals surface area contributed by atoms with Gasteiger partial charge in [-0.1, -0.05) is 265 Å². The van der Waals surface area contributed by atoms with Crippen molar-refractivity contribution in [1.29, 1.82) is 0 Å². The van der Waals surface area contributed by atoms with Crippen LogP contribution in [0.25, 0.3) is 4.98 Å². The number of hydrogen-bond acceptors (Lipinski definition) is 0. The molecule has 4 heteroatoms. The van der Waals surface area contributed by atoms with Crippen molar-refractivity contribution in [3.05, 3.63) is 268 Å². The van der Waals surface area contributed by atoms with Crippen LogP contribution in [0.3, 0.4) is 0 Å². The SMILES string of the molecule is CC(C)c1cc(C(c2ccccc2)c2ccccc2)c([N-][Si](c2ccccc2)(c2ccccc2)c2ccccc2)c(C(c2ccccc2)c2ccccc2)c1.[I-].[Mg+2]. The van der Waals surface area contributed by atoms with E-state index in [9.17, 15) is 0 Å². The molecule has 8 aromatic rings. The second kappa shape index (κ2) is 19.6. The van der Waals surface area contributed by atoms with Gasteiger partial charge in [0.1, 0.15) is 0 Å². The van der Waals surface area contributed by atoms with Crippen LogP contribution in [-0.4, -0.2) is 31.3 Å². The van der Waals surface area contributed by atoms with Crippen LogP contribution in [0.2, 0.25) is 0 Å². The first kappa shape index (κ1) is 41.9. The van der Waals surface area contributed by atoms with Crippen LogP contribution < -0.4 is 39.5 Å². The second-order valence-electron chi connectivity index (χ2n) is 14.6. The Hall–Kier alpha value is -4.73. The summed E-state index contributed by atoms with van der Waals surface area (Å²) in [5.41, 5.74) is 9.84. The maximum absolute atomic E-state index is 6.48. The fraction of sp³-hybridized carbons (Fsp3) is 0.0943. The van der Waals surface area contributed by atoms with E-state index in [4.69, 9.17) is 4.98 Å². The third kappa shape index (κ3) is 8.90. The summed E-state index contributed by atoms with van der Waals surface area (Å²) in [5, 5.41) is 3.76. The van der Waals surface area contributed by atoms with E-state index in [2.05, 4.69) is 238 Å². The molecule has 0 unspecified atom stereocenters. The average Bonchev–Trinajstić information content (AvgIpc) is 3.26. The molecule has 0 saturated heterocycles. The Kier molecular flexibility index (Phi) is 14.4. The summed E-state index contributed by atoms with van der Waals surface area (Å²) in [6.07, 6.45) is 0. The zero-order valence-electron chi connectivity index (χ0n) is 32.6. The normalized spacial score (nSPS) is 11.2. The molecule has 0 spiro atoms. The van der Waals surface area contributed by atoms with Crippen molar-refractivity contribution < 1.29 is 24.0 Å². The quantitative estimate of drug-likeness (QED) is 0.0665. The predicted molar refractivity (Wildman–Crippen MR) is 241 cm³/mol. The van der Waals surface area contributed by atoms with E-state index in [1.165, 1.54) is 54.5 Å². The topological polar surface area (TPSA) is 14.1 Å². The summed E-state index contributed by atoms with van der Waals surface area (Å²) >= 11 is 0. The molecule has 1 nitrogen and oxygen atoms in total. The molecule has 0 saturated carbocycles. The van der Waals surface area contributed by atoms with Gasteiger partial charge in [0.05, 0.1) is 8.24 Å². The Morgan fingerprint density at radius 1 is 0.351 bits per heavy atom. The van der Waals surface area contributed by atoms with Crippen LogP contribution in [0.15, 0.2) is 224 Å². The van der Waals surface area contributed by atoms with E-state index in [0.29, 0.717) is 5.92 Å². The minimum atomic E-state index is -3.14. The van der Waals surface area contributed by atoms with Crippen LogP contribution in [0, 0.1) is 0 Å². The van der Waals surface area contributed by atoms with E-state index in [0.717, 1.165) is 5.69 Å². The summed E-state index contributed by atoms with van der Waals surface area (Å²) in [4.78, 5) is 6.48. The molecular formula is C53H46IMgNSi. The van der Waals surface area contributed by atoms with E-state index in [1.807, 2.05) is 0 Å². The van der Waals surface area contributed by atoms with Gasteiger partial charge in [0, 0.05) is 11.8 Å². The molecule has 0 fully saturated rings. The molecule has 0 bridgehead atoms. The molecule has 8 rings (SSSR count). The van der Waals surface area contributed by atoms with Crippen LogP contribution >= 0.6 is 0 Å². The van der Waals surface area contributed by atoms with Gasteiger partial charge in [0.15, 0.2) is 0 Å². The molecule has 0 atom stereocenters. The second-order valence-corrected chi connectivity index (χ2v) is 18.0. The molecule has 0 aliphatic carbocycles. The van der Waals surface area contributed by atoms with Crippen molar-refractivity contribution in [1.82, 2.24) is 0 Å². The summed E-state index contributed by atoms with van der Waals surface area (Å²) < 4.78 is 0. The molecule has 8 aromatic carbocycles. The minimum Gasteiger partial charge on any atom is -1.00 e. The molecule has 57 heavy (non-hydrogen) atoms. The van der Waals surface area contributed by atoms with Gasteiger partial charge in [-0.05, 0) is 33.7 Å². The maximum atomic E-state index is 6.48. The predicted octanol–water partition coefficient (Wildman–Crippen LogP) is 8.47. The summed E-state index contributed by atoms with van der Waals surface area (Å²) in [6, 6.07) is 82.3. The fourth-order valence-electron chi connectivity index (χ4n) is 8.19. The van der Waals surface area contributed by atoms with Gasteiger partial charge in [-0.25, -0.2) is 0 Å². The van der Waals surface area contributed by atoms with Crippen molar-refractivity contribution >= 4 is 52.5 Å². The summed E-state index contributed by atoms with van der Waals surface area (Å²) in [7, 11) is -3.14. The van der Waals surface area contributed by atoms with Gasteiger partial charge >= 0.3 is 23.1 Å². The number of benzene rings is 8. The third-order valence-electron chi connectivity index (χ3n) is 10.9. The van der Waals surface area contributed by atoms with Crippen LogP contribution in [0.4, 0.5) is 5.69 Å². The summed E-state index contributed by atoms with van der Waals surface area (Å²) in [6.45, 7) is 4.63. The third-order valence-corrected chi connectivity index (χ3v) is 14.9. The zero-order valence-corrected chi connectivity index (χ0v) is 37.2. The van der Waals surface area contributed by atoms with Gasteiger partial charge in [0.25, 0.3) is 0 Å². The van der Waals surface area contributed by atoms with Crippen molar-refractivity contribution in [2.45, 2.75) is 31.6 Å². The zero-order chi connectivity index (χ0) is 37.5. The molecule has 0 amide bonds. The molecule has 0 radical (unpaired) electrons. The number of rotatable bonds is 12. The van der Waals surface area contributed by atoms with E-state index in [1.54, 1.807) is 0 Å². The number of nitrogens with zero attached hydrogens (tertiary/aromatic N) is 1. The first-order valence-electron chi connectivity index (χ1n) is 19.4. The van der Waals surface area contributed by atoms with Gasteiger partial charge in [-0.15, -0.1) is 5.69 Å². The van der Waals surface area contributed by atoms with Gasteiger partial charge in [-0.3, -0.25) is 0 Å². The maximum Gasteiger partial charge on any atom is 2.00 e. The summed E-state index contributed by atoms with van der Waals surface area (Å²) in [5.74, 6) is 0.185. The first-order valence-corrected chi connectivity index (χ1v) is 21.3. The minimum absolute atomic E-state index is 0. The number of hydrogen-bond donors (Lipinski definition) is 0. The molecule has 0 aromatic heterocycles. The van der Waals surface area contributed by atoms with E-state index < -0.39 is 8.24 Å². The van der Waals surface area contributed by atoms with Crippen molar-refractivity contribution in [2.24, 2.45) is 0 Å². The van der Waals surface area contributed by atoms with Crippen LogP contribution in [0.1, 0.15) is 70.5 Å².